The van der Waals surface area contributed by atoms with Crippen LogP contribution in [0.5, 0.6) is 5.75 Å². The van der Waals surface area contributed by atoms with E-state index >= 15 is 0 Å². The number of aryl methyl sites for hydroxylation is 1. The number of likely N-dealkylation sites (tertiary alicyclic amines) is 1. The number of rotatable bonds is 10. The van der Waals surface area contributed by atoms with Crippen LogP contribution in [0.25, 0.3) is 0 Å². The monoisotopic (exact) mass is 668 g/mol. The third-order valence-electron chi connectivity index (χ3n) is 6.50. The first-order valence-corrected chi connectivity index (χ1v) is 15.0. The Morgan fingerprint density at radius 2 is 1.78 bits per heavy atom. The zero-order chi connectivity index (χ0) is 33.3. The van der Waals surface area contributed by atoms with Crippen molar-refractivity contribution in [1.82, 2.24) is 10.2 Å². The second kappa shape index (κ2) is 15.6. The van der Waals surface area contributed by atoms with Gasteiger partial charge in [-0.15, -0.1) is 0 Å². The summed E-state index contributed by atoms with van der Waals surface area (Å²) >= 11 is 5.89. The van der Waals surface area contributed by atoms with Gasteiger partial charge in [0.15, 0.2) is 11.9 Å². The Balaban J connectivity index is 0.000000423. The molecule has 1 fully saturated rings. The third kappa shape index (κ3) is 10.1. The van der Waals surface area contributed by atoms with Crippen LogP contribution >= 0.6 is 11.6 Å². The maximum Gasteiger partial charge on any atom is 0.387 e. The predicted octanol–water partition coefficient (Wildman–Crippen LogP) is 3.40. The molecule has 1 saturated heterocycles. The van der Waals surface area contributed by atoms with Crippen molar-refractivity contribution in [2.75, 3.05) is 13.7 Å². The van der Waals surface area contributed by atoms with Crippen molar-refractivity contribution >= 4 is 39.4 Å². The van der Waals surface area contributed by atoms with Gasteiger partial charge >= 0.3 is 6.61 Å². The molecule has 1 aliphatic rings. The lowest BCUT2D eigenvalue weighted by Crippen LogP contribution is -2.59. The molecule has 12 nitrogen and oxygen atoms in total. The van der Waals surface area contributed by atoms with Crippen LogP contribution in [0.3, 0.4) is 0 Å². The predicted molar refractivity (Wildman–Crippen MR) is 160 cm³/mol. The maximum absolute atomic E-state index is 12.7. The van der Waals surface area contributed by atoms with Gasteiger partial charge in [0.2, 0.25) is 5.91 Å². The molecule has 4 rings (SSSR count). The van der Waals surface area contributed by atoms with Crippen molar-refractivity contribution in [2.45, 2.75) is 43.5 Å². The van der Waals surface area contributed by atoms with Crippen LogP contribution in [0.1, 0.15) is 34.8 Å². The lowest BCUT2D eigenvalue weighted by atomic mass is 9.98. The van der Waals surface area contributed by atoms with Gasteiger partial charge < -0.3 is 30.6 Å². The third-order valence-corrected chi connectivity index (χ3v) is 7.58. The molecule has 0 aliphatic carbocycles. The van der Waals surface area contributed by atoms with Crippen LogP contribution in [0.4, 0.5) is 8.78 Å². The number of halogens is 3. The van der Waals surface area contributed by atoms with E-state index in [1.807, 2.05) is 6.92 Å². The van der Waals surface area contributed by atoms with Crippen LogP contribution in [0.15, 0.2) is 76.8 Å². The number of oxime groups is 1. The molecule has 0 aromatic heterocycles. The Hall–Kier alpha value is -4.31. The zero-order valence-corrected chi connectivity index (χ0v) is 25.6. The average molecular weight is 669 g/mol. The first kappa shape index (κ1) is 35.2. The van der Waals surface area contributed by atoms with E-state index in [1.54, 1.807) is 36.4 Å². The second-order valence-corrected chi connectivity index (χ2v) is 11.6. The molecular formula is C29H31ClF2N4O8S. The van der Waals surface area contributed by atoms with Gasteiger partial charge in [0.1, 0.15) is 18.9 Å². The number of aliphatic hydroxyl groups is 1. The molecule has 5 N–H and O–H groups in total. The Labute approximate surface area is 263 Å². The Kier molecular flexibility index (Phi) is 12.2. The quantitative estimate of drug-likeness (QED) is 0.109. The maximum atomic E-state index is 12.7. The molecule has 45 heavy (non-hydrogen) atoms. The zero-order valence-electron chi connectivity index (χ0n) is 24.1. The minimum Gasteiger partial charge on any atom is -0.435 e. The smallest absolute Gasteiger partial charge is 0.387 e. The Morgan fingerprint density at radius 1 is 1.13 bits per heavy atom. The molecule has 0 bridgehead atoms. The number of alkyl halides is 2. The molecule has 2 amide bonds. The molecule has 242 valence electrons. The number of benzene rings is 3. The average Bonchev–Trinajstić information content (AvgIpc) is 2.95. The minimum atomic E-state index is -4.02. The van der Waals surface area contributed by atoms with Crippen LogP contribution in [-0.4, -0.2) is 66.9 Å². The SMILES string of the molecule is CO/N=C(\N)c1ccc(CNC(=O)[C@@H]2CCN2C(=O)[C@H](O)c2cc(Cl)cc(OC(F)F)c2)cc1.Cc1ccc(S(=O)(=O)O)cc1. The van der Waals surface area contributed by atoms with Crippen LogP contribution in [0, 0.1) is 6.92 Å². The standard InChI is InChI=1S/C22H23ClF2N4O5.C7H8O3S/c1-33-28-19(26)13-4-2-12(3-5-13)11-27-20(31)17-6-7-29(17)21(32)18(30)14-8-15(23)10-16(9-14)34-22(24)25;1-6-2-4-7(5-3-6)11(8,9)10/h2-5,8-10,17-18,22,30H,6-7,11H2,1H3,(H2,26,28)(H,27,31);2-5H,1H3,(H,8,9,10)/t17-,18+;/m0./s1. The highest BCUT2D eigenvalue weighted by molar-refractivity contribution is 7.85. The number of nitrogens with zero attached hydrogens (tertiary/aromatic N) is 2. The summed E-state index contributed by atoms with van der Waals surface area (Å²) in [6.07, 6.45) is -1.27. The summed E-state index contributed by atoms with van der Waals surface area (Å²) < 4.78 is 58.8. The minimum absolute atomic E-state index is 0.0131. The lowest BCUT2D eigenvalue weighted by molar-refractivity contribution is -0.154. The molecule has 0 radical (unpaired) electrons. The van der Waals surface area contributed by atoms with Gasteiger partial charge in [0, 0.05) is 23.7 Å². The van der Waals surface area contributed by atoms with E-state index in [0.717, 1.165) is 23.3 Å². The number of amides is 2. The first-order valence-electron chi connectivity index (χ1n) is 13.2. The van der Waals surface area contributed by atoms with Gasteiger partial charge in [0.25, 0.3) is 16.0 Å². The fourth-order valence-electron chi connectivity index (χ4n) is 4.10. The molecule has 0 saturated carbocycles. The highest BCUT2D eigenvalue weighted by Gasteiger charge is 2.40. The van der Waals surface area contributed by atoms with E-state index in [1.165, 1.54) is 30.2 Å². The van der Waals surface area contributed by atoms with E-state index in [4.69, 9.17) is 21.9 Å². The fourth-order valence-corrected chi connectivity index (χ4v) is 4.81. The normalized spacial score (nSPS) is 15.3. The number of hydrogen-bond donors (Lipinski definition) is 4. The number of aliphatic hydroxyl groups excluding tert-OH is 1. The summed E-state index contributed by atoms with van der Waals surface area (Å²) in [5.74, 6) is -1.20. The van der Waals surface area contributed by atoms with Gasteiger partial charge in [0.05, 0.1) is 4.90 Å². The van der Waals surface area contributed by atoms with Crippen LogP contribution < -0.4 is 15.8 Å². The summed E-state index contributed by atoms with van der Waals surface area (Å²) in [6.45, 7) is -0.769. The summed E-state index contributed by atoms with van der Waals surface area (Å²) in [5, 5.41) is 16.9. The number of amidine groups is 1. The molecular weight excluding hydrogens is 638 g/mol. The first-order chi connectivity index (χ1) is 21.2. The van der Waals surface area contributed by atoms with Gasteiger partial charge in [-0.25, -0.2) is 0 Å². The van der Waals surface area contributed by atoms with Crippen molar-refractivity contribution < 1.29 is 46.0 Å². The molecule has 0 spiro atoms. The molecule has 3 aromatic carbocycles. The van der Waals surface area contributed by atoms with Gasteiger partial charge in [-0.05, 0) is 54.8 Å². The van der Waals surface area contributed by atoms with E-state index in [-0.39, 0.29) is 46.1 Å². The van der Waals surface area contributed by atoms with Crippen LogP contribution in [-0.2, 0) is 31.1 Å². The van der Waals surface area contributed by atoms with Gasteiger partial charge in [-0.1, -0.05) is 58.7 Å². The highest BCUT2D eigenvalue weighted by atomic mass is 35.5. The van der Waals surface area contributed by atoms with E-state index in [2.05, 4.69) is 20.0 Å². The summed E-state index contributed by atoms with van der Waals surface area (Å²) in [6, 6.07) is 15.7. The molecule has 1 heterocycles. The van der Waals surface area contributed by atoms with Crippen LogP contribution in [0.2, 0.25) is 5.02 Å². The van der Waals surface area contributed by atoms with Gasteiger partial charge in [-0.3, -0.25) is 14.1 Å². The molecule has 1 aliphatic heterocycles. The van der Waals surface area contributed by atoms with Crippen molar-refractivity contribution in [1.29, 1.82) is 0 Å². The topological polar surface area (TPSA) is 181 Å². The largest absolute Gasteiger partial charge is 0.435 e. The number of carbonyl (C=O) groups excluding carboxylic acids is 2. The summed E-state index contributed by atoms with van der Waals surface area (Å²) in [5.41, 5.74) is 8.13. The molecule has 16 heteroatoms. The van der Waals surface area contributed by atoms with Crippen molar-refractivity contribution in [3.63, 3.8) is 0 Å². The van der Waals surface area contributed by atoms with Crippen molar-refractivity contribution in [3.05, 3.63) is 94.0 Å². The molecule has 3 aromatic rings. The van der Waals surface area contributed by atoms with Crippen molar-refractivity contribution in [2.24, 2.45) is 10.9 Å². The molecule has 2 atom stereocenters. The van der Waals surface area contributed by atoms with E-state index in [0.29, 0.717) is 12.0 Å². The molecule has 0 unspecified atom stereocenters. The summed E-state index contributed by atoms with van der Waals surface area (Å²) in [7, 11) is -2.63. The number of ether oxygens (including phenoxy) is 1. The van der Waals surface area contributed by atoms with Gasteiger partial charge in [-0.2, -0.15) is 17.2 Å². The lowest BCUT2D eigenvalue weighted by Gasteiger charge is -2.40. The Bertz CT molecular complexity index is 1620. The summed E-state index contributed by atoms with van der Waals surface area (Å²) in [4.78, 5) is 31.1. The Morgan fingerprint density at radius 3 is 2.31 bits per heavy atom. The van der Waals surface area contributed by atoms with Crippen molar-refractivity contribution in [3.8, 4) is 5.75 Å². The second-order valence-electron chi connectivity index (χ2n) is 9.70. The number of nitrogens with one attached hydrogen (secondary N) is 1. The number of hydrogen-bond acceptors (Lipinski definition) is 8. The van der Waals surface area contributed by atoms with E-state index in [9.17, 15) is 31.9 Å². The fraction of sp³-hybridized carbons (Fsp3) is 0.276. The van der Waals surface area contributed by atoms with E-state index < -0.39 is 34.8 Å². The number of nitrogens with two attached hydrogens (primary N) is 1. The highest BCUT2D eigenvalue weighted by Crippen LogP contribution is 2.29. The number of carbonyl (C=O) groups is 2.